The van der Waals surface area contributed by atoms with Crippen molar-refractivity contribution in [2.45, 2.75) is 51.8 Å². The number of aromatic nitrogens is 1. The normalized spacial score (nSPS) is 16.0. The number of nitrogens with zero attached hydrogens (tertiary/aromatic N) is 1. The molecule has 17 heavy (non-hydrogen) atoms. The molecule has 2 rings (SSSR count). The second kappa shape index (κ2) is 5.69. The molecule has 1 fully saturated rings. The zero-order valence-electron chi connectivity index (χ0n) is 10.4. The molecule has 0 saturated heterocycles. The van der Waals surface area contributed by atoms with Crippen LogP contribution in [0, 0.1) is 0 Å². The van der Waals surface area contributed by atoms with Crippen molar-refractivity contribution >= 4 is 11.6 Å². The average Bonchev–Trinajstić information content (AvgIpc) is 2.22. The van der Waals surface area contributed by atoms with Crippen molar-refractivity contribution in [1.29, 1.82) is 0 Å². The minimum Gasteiger partial charge on any atom is -0.473 e. The highest BCUT2D eigenvalue weighted by Crippen LogP contribution is 2.29. The molecule has 1 aliphatic carbocycles. The molecule has 94 valence electrons. The van der Waals surface area contributed by atoms with Gasteiger partial charge < -0.3 is 10.1 Å². The minimum absolute atomic E-state index is 0.319. The van der Waals surface area contributed by atoms with Gasteiger partial charge in [-0.15, -0.1) is 0 Å². The molecule has 1 heterocycles. The SMILES string of the molecule is CC(C)NCc1cnc(OC2CCC2)c(Cl)c1. The molecule has 0 bridgehead atoms. The second-order valence-electron chi connectivity index (χ2n) is 4.84. The van der Waals surface area contributed by atoms with Gasteiger partial charge in [-0.1, -0.05) is 25.4 Å². The van der Waals surface area contributed by atoms with Crippen LogP contribution in [0.4, 0.5) is 0 Å². The van der Waals surface area contributed by atoms with Crippen LogP contribution in [0.5, 0.6) is 5.88 Å². The molecule has 0 atom stereocenters. The summed E-state index contributed by atoms with van der Waals surface area (Å²) in [6.45, 7) is 5.01. The van der Waals surface area contributed by atoms with E-state index in [4.69, 9.17) is 16.3 Å². The van der Waals surface area contributed by atoms with Gasteiger partial charge in [-0.3, -0.25) is 0 Å². The lowest BCUT2D eigenvalue weighted by molar-refractivity contribution is 0.114. The Balaban J connectivity index is 1.95. The number of rotatable bonds is 5. The van der Waals surface area contributed by atoms with E-state index in [1.807, 2.05) is 12.3 Å². The van der Waals surface area contributed by atoms with E-state index in [0.29, 0.717) is 23.0 Å². The van der Waals surface area contributed by atoms with Gasteiger partial charge in [-0.25, -0.2) is 4.98 Å². The molecule has 0 radical (unpaired) electrons. The fraction of sp³-hybridized carbons (Fsp3) is 0.615. The molecule has 0 spiro atoms. The van der Waals surface area contributed by atoms with Crippen molar-refractivity contribution in [2.24, 2.45) is 0 Å². The number of hydrogen-bond donors (Lipinski definition) is 1. The smallest absolute Gasteiger partial charge is 0.232 e. The predicted molar refractivity (Wildman–Crippen MR) is 69.5 cm³/mol. The average molecular weight is 255 g/mol. The fourth-order valence-corrected chi connectivity index (χ4v) is 1.85. The molecular formula is C13H19ClN2O. The molecule has 3 nitrogen and oxygen atoms in total. The van der Waals surface area contributed by atoms with E-state index in [1.165, 1.54) is 6.42 Å². The van der Waals surface area contributed by atoms with Crippen molar-refractivity contribution in [3.8, 4) is 5.88 Å². The minimum atomic E-state index is 0.319. The molecule has 0 amide bonds. The van der Waals surface area contributed by atoms with Crippen LogP contribution in [-0.2, 0) is 6.54 Å². The summed E-state index contributed by atoms with van der Waals surface area (Å²) in [5.74, 6) is 0.574. The van der Waals surface area contributed by atoms with Crippen LogP contribution in [0.15, 0.2) is 12.3 Å². The topological polar surface area (TPSA) is 34.2 Å². The highest BCUT2D eigenvalue weighted by Gasteiger charge is 2.20. The zero-order chi connectivity index (χ0) is 12.3. The van der Waals surface area contributed by atoms with Crippen LogP contribution in [0.2, 0.25) is 5.02 Å². The van der Waals surface area contributed by atoms with Gasteiger partial charge in [0.1, 0.15) is 11.1 Å². The molecular weight excluding hydrogens is 236 g/mol. The molecule has 0 aliphatic heterocycles. The van der Waals surface area contributed by atoms with E-state index >= 15 is 0 Å². The van der Waals surface area contributed by atoms with Gasteiger partial charge in [0.2, 0.25) is 5.88 Å². The molecule has 1 saturated carbocycles. The van der Waals surface area contributed by atoms with E-state index < -0.39 is 0 Å². The van der Waals surface area contributed by atoms with Gasteiger partial charge >= 0.3 is 0 Å². The molecule has 1 aromatic heterocycles. The second-order valence-corrected chi connectivity index (χ2v) is 5.24. The number of halogens is 1. The van der Waals surface area contributed by atoms with Gasteiger partial charge in [0.25, 0.3) is 0 Å². The number of nitrogens with one attached hydrogen (secondary N) is 1. The Labute approximate surface area is 108 Å². The number of pyridine rings is 1. The molecule has 1 N–H and O–H groups in total. The quantitative estimate of drug-likeness (QED) is 0.877. The Hall–Kier alpha value is -0.800. The number of hydrogen-bond acceptors (Lipinski definition) is 3. The third kappa shape index (κ3) is 3.58. The van der Waals surface area contributed by atoms with E-state index in [2.05, 4.69) is 24.1 Å². The van der Waals surface area contributed by atoms with Gasteiger partial charge in [0.15, 0.2) is 0 Å². The lowest BCUT2D eigenvalue weighted by Gasteiger charge is -2.26. The molecule has 1 aliphatic rings. The van der Waals surface area contributed by atoms with E-state index in [-0.39, 0.29) is 0 Å². The Kier molecular flexibility index (Phi) is 4.24. The maximum Gasteiger partial charge on any atom is 0.232 e. The maximum atomic E-state index is 6.15. The Bertz CT molecular complexity index is 378. The Morgan fingerprint density at radius 1 is 1.53 bits per heavy atom. The molecule has 0 unspecified atom stereocenters. The van der Waals surface area contributed by atoms with Crippen LogP contribution < -0.4 is 10.1 Å². The Morgan fingerprint density at radius 3 is 2.82 bits per heavy atom. The first-order valence-electron chi connectivity index (χ1n) is 6.19. The highest BCUT2D eigenvalue weighted by molar-refractivity contribution is 6.31. The van der Waals surface area contributed by atoms with Crippen LogP contribution in [0.3, 0.4) is 0 Å². The standard InChI is InChI=1S/C13H19ClN2O/c1-9(2)15-7-10-6-12(14)13(16-8-10)17-11-4-3-5-11/h6,8-9,11,15H,3-5,7H2,1-2H3. The number of ether oxygens (including phenoxy) is 1. The van der Waals surface area contributed by atoms with Gasteiger partial charge in [0, 0.05) is 18.8 Å². The zero-order valence-corrected chi connectivity index (χ0v) is 11.1. The predicted octanol–water partition coefficient (Wildman–Crippen LogP) is 3.16. The van der Waals surface area contributed by atoms with Crippen LogP contribution >= 0.6 is 11.6 Å². The highest BCUT2D eigenvalue weighted by atomic mass is 35.5. The monoisotopic (exact) mass is 254 g/mol. The first kappa shape index (κ1) is 12.7. The summed E-state index contributed by atoms with van der Waals surface area (Å²) < 4.78 is 5.70. The van der Waals surface area contributed by atoms with Gasteiger partial charge in [-0.05, 0) is 30.9 Å². The van der Waals surface area contributed by atoms with Crippen LogP contribution in [0.25, 0.3) is 0 Å². The third-order valence-electron chi connectivity index (χ3n) is 2.91. The summed E-state index contributed by atoms with van der Waals surface area (Å²) in [6.07, 6.45) is 5.64. The van der Waals surface area contributed by atoms with E-state index in [0.717, 1.165) is 24.9 Å². The maximum absolute atomic E-state index is 6.15. The fourth-order valence-electron chi connectivity index (χ4n) is 1.62. The summed E-state index contributed by atoms with van der Waals surface area (Å²) in [5, 5.41) is 3.94. The molecule has 4 heteroatoms. The van der Waals surface area contributed by atoms with Crippen LogP contribution in [-0.4, -0.2) is 17.1 Å². The summed E-state index contributed by atoms with van der Waals surface area (Å²) in [4.78, 5) is 4.28. The molecule has 0 aromatic carbocycles. The third-order valence-corrected chi connectivity index (χ3v) is 3.18. The van der Waals surface area contributed by atoms with Crippen molar-refractivity contribution in [1.82, 2.24) is 10.3 Å². The summed E-state index contributed by atoms with van der Waals surface area (Å²) >= 11 is 6.15. The van der Waals surface area contributed by atoms with E-state index in [1.54, 1.807) is 0 Å². The van der Waals surface area contributed by atoms with Crippen LogP contribution in [0.1, 0.15) is 38.7 Å². The van der Waals surface area contributed by atoms with Crippen molar-refractivity contribution in [2.75, 3.05) is 0 Å². The first-order chi connectivity index (χ1) is 8.15. The first-order valence-corrected chi connectivity index (χ1v) is 6.57. The lowest BCUT2D eigenvalue weighted by atomic mass is 9.96. The summed E-state index contributed by atoms with van der Waals surface area (Å²) in [7, 11) is 0. The van der Waals surface area contributed by atoms with Crippen molar-refractivity contribution < 1.29 is 4.74 Å². The van der Waals surface area contributed by atoms with Gasteiger partial charge in [0.05, 0.1) is 0 Å². The van der Waals surface area contributed by atoms with Crippen molar-refractivity contribution in [3.63, 3.8) is 0 Å². The summed E-state index contributed by atoms with van der Waals surface area (Å²) in [6, 6.07) is 2.39. The summed E-state index contributed by atoms with van der Waals surface area (Å²) in [5.41, 5.74) is 1.09. The molecule has 1 aromatic rings. The van der Waals surface area contributed by atoms with Gasteiger partial charge in [-0.2, -0.15) is 0 Å². The Morgan fingerprint density at radius 2 is 2.29 bits per heavy atom. The largest absolute Gasteiger partial charge is 0.473 e. The van der Waals surface area contributed by atoms with E-state index in [9.17, 15) is 0 Å². The van der Waals surface area contributed by atoms with Crippen molar-refractivity contribution in [3.05, 3.63) is 22.8 Å². The lowest BCUT2D eigenvalue weighted by Crippen LogP contribution is -2.25.